The number of benzene rings is 1. The van der Waals surface area contributed by atoms with Crippen molar-refractivity contribution in [1.29, 1.82) is 0 Å². The molecule has 0 radical (unpaired) electrons. The molecule has 0 aliphatic carbocycles. The number of hydrogen-bond acceptors (Lipinski definition) is 3. The molecular formula is C14H20BrN3OS. The van der Waals surface area contributed by atoms with Crippen LogP contribution in [0.2, 0.25) is 0 Å². The number of ether oxygens (including phenoxy) is 1. The molecule has 0 bridgehead atoms. The van der Waals surface area contributed by atoms with Crippen LogP contribution < -0.4 is 15.5 Å². The zero-order valence-electron chi connectivity index (χ0n) is 11.9. The van der Waals surface area contributed by atoms with E-state index in [0.29, 0.717) is 5.11 Å². The Labute approximate surface area is 134 Å². The van der Waals surface area contributed by atoms with E-state index in [1.807, 2.05) is 32.0 Å². The molecule has 1 atom stereocenters. The quantitative estimate of drug-likeness (QED) is 0.465. The second-order valence-corrected chi connectivity index (χ2v) is 5.52. The van der Waals surface area contributed by atoms with Crippen LogP contribution in [0.1, 0.15) is 32.8 Å². The van der Waals surface area contributed by atoms with Crippen molar-refractivity contribution in [3.05, 3.63) is 28.2 Å². The van der Waals surface area contributed by atoms with Gasteiger partial charge in [-0.05, 0) is 72.2 Å². The van der Waals surface area contributed by atoms with Crippen molar-refractivity contribution >= 4 is 39.5 Å². The van der Waals surface area contributed by atoms with Gasteiger partial charge in [-0.15, -0.1) is 0 Å². The van der Waals surface area contributed by atoms with E-state index in [1.54, 1.807) is 6.21 Å². The molecule has 0 aliphatic rings. The van der Waals surface area contributed by atoms with Gasteiger partial charge in [-0.2, -0.15) is 5.10 Å². The summed E-state index contributed by atoms with van der Waals surface area (Å²) in [6.45, 7) is 6.89. The molecule has 0 fully saturated rings. The summed E-state index contributed by atoms with van der Waals surface area (Å²) in [5, 5.41) is 7.54. The van der Waals surface area contributed by atoms with Gasteiger partial charge in [-0.3, -0.25) is 5.43 Å². The summed E-state index contributed by atoms with van der Waals surface area (Å²) in [5.41, 5.74) is 3.71. The van der Waals surface area contributed by atoms with E-state index in [-0.39, 0.29) is 6.10 Å². The monoisotopic (exact) mass is 357 g/mol. The van der Waals surface area contributed by atoms with Crippen LogP contribution in [0.3, 0.4) is 0 Å². The minimum absolute atomic E-state index is 0.199. The highest BCUT2D eigenvalue weighted by molar-refractivity contribution is 9.10. The number of hydrogen-bond donors (Lipinski definition) is 2. The van der Waals surface area contributed by atoms with Gasteiger partial charge in [0.1, 0.15) is 5.75 Å². The third kappa shape index (κ3) is 5.88. The highest BCUT2D eigenvalue weighted by Gasteiger charge is 2.05. The average molecular weight is 358 g/mol. The molecule has 0 heterocycles. The third-order valence-electron chi connectivity index (χ3n) is 2.58. The Morgan fingerprint density at radius 3 is 2.85 bits per heavy atom. The van der Waals surface area contributed by atoms with Crippen LogP contribution in [-0.2, 0) is 0 Å². The molecule has 0 aromatic heterocycles. The van der Waals surface area contributed by atoms with Gasteiger partial charge in [0.05, 0.1) is 16.8 Å². The maximum atomic E-state index is 5.79. The van der Waals surface area contributed by atoms with Gasteiger partial charge in [0.15, 0.2) is 5.11 Å². The van der Waals surface area contributed by atoms with Crippen molar-refractivity contribution in [2.45, 2.75) is 33.3 Å². The molecule has 0 aliphatic heterocycles. The fourth-order valence-electron chi connectivity index (χ4n) is 1.36. The summed E-state index contributed by atoms with van der Waals surface area (Å²) in [6, 6.07) is 5.84. The molecule has 1 rings (SSSR count). The van der Waals surface area contributed by atoms with E-state index in [2.05, 4.69) is 38.7 Å². The molecule has 0 saturated carbocycles. The van der Waals surface area contributed by atoms with E-state index < -0.39 is 0 Å². The second-order valence-electron chi connectivity index (χ2n) is 4.26. The van der Waals surface area contributed by atoms with Crippen LogP contribution in [0.15, 0.2) is 27.8 Å². The number of nitrogens with zero attached hydrogens (tertiary/aromatic N) is 1. The van der Waals surface area contributed by atoms with Crippen molar-refractivity contribution in [2.24, 2.45) is 5.10 Å². The Morgan fingerprint density at radius 1 is 1.50 bits per heavy atom. The molecule has 2 N–H and O–H groups in total. The molecule has 0 spiro atoms. The van der Waals surface area contributed by atoms with E-state index >= 15 is 0 Å². The van der Waals surface area contributed by atoms with E-state index in [9.17, 15) is 0 Å². The summed E-state index contributed by atoms with van der Waals surface area (Å²) >= 11 is 8.52. The van der Waals surface area contributed by atoms with E-state index in [0.717, 1.165) is 28.8 Å². The van der Waals surface area contributed by atoms with E-state index in [4.69, 9.17) is 17.0 Å². The van der Waals surface area contributed by atoms with Crippen molar-refractivity contribution in [1.82, 2.24) is 10.7 Å². The van der Waals surface area contributed by atoms with Crippen LogP contribution in [0.5, 0.6) is 5.75 Å². The normalized spacial score (nSPS) is 12.2. The highest BCUT2D eigenvalue weighted by atomic mass is 79.9. The lowest BCUT2D eigenvalue weighted by Gasteiger charge is -2.14. The molecular weight excluding hydrogens is 338 g/mol. The van der Waals surface area contributed by atoms with Crippen molar-refractivity contribution in [3.8, 4) is 5.75 Å². The standard InChI is InChI=1S/C14H20BrN3OS/c1-4-10(3)19-13-7-6-11(8-12(13)15)9-17-18-14(20)16-5-2/h6-10H,4-5H2,1-3H3,(H2,16,18,20)/b17-9-/t10-/m1/s1. The first-order valence-electron chi connectivity index (χ1n) is 6.59. The third-order valence-corrected chi connectivity index (χ3v) is 3.43. The number of nitrogens with one attached hydrogen (secondary N) is 2. The largest absolute Gasteiger partial charge is 0.490 e. The lowest BCUT2D eigenvalue weighted by Crippen LogP contribution is -2.31. The Morgan fingerprint density at radius 2 is 2.25 bits per heavy atom. The van der Waals surface area contributed by atoms with Gasteiger partial charge in [-0.25, -0.2) is 0 Å². The molecule has 20 heavy (non-hydrogen) atoms. The minimum atomic E-state index is 0.199. The summed E-state index contributed by atoms with van der Waals surface area (Å²) in [4.78, 5) is 0. The molecule has 4 nitrogen and oxygen atoms in total. The Bertz CT molecular complexity index is 479. The number of hydrazone groups is 1. The molecule has 1 aromatic carbocycles. The van der Waals surface area contributed by atoms with Crippen molar-refractivity contribution in [3.63, 3.8) is 0 Å². The lowest BCUT2D eigenvalue weighted by molar-refractivity contribution is 0.216. The minimum Gasteiger partial charge on any atom is -0.490 e. The molecule has 0 saturated heterocycles. The van der Waals surface area contributed by atoms with Crippen molar-refractivity contribution in [2.75, 3.05) is 6.54 Å². The summed E-state index contributed by atoms with van der Waals surface area (Å²) < 4.78 is 6.70. The van der Waals surface area contributed by atoms with Crippen LogP contribution in [0, 0.1) is 0 Å². The first-order chi connectivity index (χ1) is 9.56. The summed E-state index contributed by atoms with van der Waals surface area (Å²) in [6.07, 6.45) is 2.88. The Hall–Kier alpha value is -1.14. The Balaban J connectivity index is 2.63. The highest BCUT2D eigenvalue weighted by Crippen LogP contribution is 2.26. The first-order valence-corrected chi connectivity index (χ1v) is 7.80. The average Bonchev–Trinajstić information content (AvgIpc) is 2.42. The number of rotatable bonds is 6. The summed E-state index contributed by atoms with van der Waals surface area (Å²) in [5.74, 6) is 0.840. The van der Waals surface area contributed by atoms with Crippen LogP contribution in [0.25, 0.3) is 0 Å². The predicted octanol–water partition coefficient (Wildman–Crippen LogP) is 3.44. The Kier molecular flexibility index (Phi) is 7.54. The fraction of sp³-hybridized carbons (Fsp3) is 0.429. The topological polar surface area (TPSA) is 45.7 Å². The second kappa shape index (κ2) is 8.92. The van der Waals surface area contributed by atoms with Gasteiger partial charge in [0, 0.05) is 6.54 Å². The molecule has 6 heteroatoms. The lowest BCUT2D eigenvalue weighted by atomic mass is 10.2. The van der Waals surface area contributed by atoms with Crippen LogP contribution in [-0.4, -0.2) is 24.0 Å². The van der Waals surface area contributed by atoms with Gasteiger partial charge >= 0.3 is 0 Å². The molecule has 0 amide bonds. The van der Waals surface area contributed by atoms with Gasteiger partial charge < -0.3 is 10.1 Å². The van der Waals surface area contributed by atoms with Crippen LogP contribution >= 0.6 is 28.1 Å². The zero-order chi connectivity index (χ0) is 15.0. The van der Waals surface area contributed by atoms with Gasteiger partial charge in [-0.1, -0.05) is 6.92 Å². The number of thiocarbonyl (C=S) groups is 1. The smallest absolute Gasteiger partial charge is 0.186 e. The SMILES string of the molecule is CCNC(=S)N/N=C\c1ccc(O[C@H](C)CC)c(Br)c1. The number of halogens is 1. The van der Waals surface area contributed by atoms with Crippen LogP contribution in [0.4, 0.5) is 0 Å². The van der Waals surface area contributed by atoms with Crippen molar-refractivity contribution < 1.29 is 4.74 Å². The summed E-state index contributed by atoms with van der Waals surface area (Å²) in [7, 11) is 0. The first kappa shape index (κ1) is 16.9. The van der Waals surface area contributed by atoms with E-state index in [1.165, 1.54) is 0 Å². The maximum Gasteiger partial charge on any atom is 0.186 e. The zero-order valence-corrected chi connectivity index (χ0v) is 14.3. The maximum absolute atomic E-state index is 5.79. The van der Waals surface area contributed by atoms with Gasteiger partial charge in [0.25, 0.3) is 0 Å². The molecule has 1 aromatic rings. The molecule has 0 unspecified atom stereocenters. The fourth-order valence-corrected chi connectivity index (χ4v) is 2.05. The molecule has 110 valence electrons. The van der Waals surface area contributed by atoms with Gasteiger partial charge in [0.2, 0.25) is 0 Å². The predicted molar refractivity (Wildman–Crippen MR) is 91.5 cm³/mol.